The van der Waals surface area contributed by atoms with Crippen molar-refractivity contribution in [3.63, 3.8) is 0 Å². The Morgan fingerprint density at radius 3 is 2.70 bits per heavy atom. The molecule has 0 saturated heterocycles. The van der Waals surface area contributed by atoms with Crippen molar-refractivity contribution in [3.8, 4) is 0 Å². The maximum Gasteiger partial charge on any atom is 0.243 e. The van der Waals surface area contributed by atoms with Crippen LogP contribution in [0, 0.1) is 12.7 Å². The van der Waals surface area contributed by atoms with E-state index in [1.165, 1.54) is 34.8 Å². The molecular weight excluding hydrogens is 367 g/mol. The van der Waals surface area contributed by atoms with Gasteiger partial charge in [0, 0.05) is 24.7 Å². The van der Waals surface area contributed by atoms with Gasteiger partial charge >= 0.3 is 0 Å². The number of halogens is 2. The zero-order chi connectivity index (χ0) is 14.9. The highest BCUT2D eigenvalue weighted by Crippen LogP contribution is 2.23. The minimum Gasteiger partial charge on any atom is -0.250 e. The molecule has 0 aliphatic rings. The van der Waals surface area contributed by atoms with E-state index in [2.05, 4.69) is 20.9 Å². The minimum atomic E-state index is -3.72. The molecule has 0 fully saturated rings. The lowest BCUT2D eigenvalue weighted by atomic mass is 10.3. The molecule has 2 rings (SSSR count). The monoisotopic (exact) mass is 378 g/mol. The highest BCUT2D eigenvalue weighted by atomic mass is 79.9. The van der Waals surface area contributed by atoms with Crippen molar-refractivity contribution >= 4 is 37.3 Å². The van der Waals surface area contributed by atoms with E-state index in [4.69, 9.17) is 0 Å². The smallest absolute Gasteiger partial charge is 0.243 e. The van der Waals surface area contributed by atoms with Gasteiger partial charge in [0.15, 0.2) is 0 Å². The Bertz CT molecular complexity index is 731. The molecule has 0 N–H and O–H groups in total. The molecule has 0 atom stereocenters. The molecule has 1 heterocycles. The lowest BCUT2D eigenvalue weighted by Crippen LogP contribution is -2.26. The standard InChI is InChI=1S/C12H12BrFN2O2S2/c1-8-15-6-9(19-8)7-16(2)20(17,18)10-3-4-11(13)12(14)5-10/h3-6H,7H2,1-2H3. The first-order valence-corrected chi connectivity index (χ1v) is 8.68. The second-order valence-corrected chi connectivity index (χ2v) is 8.40. The Morgan fingerprint density at radius 1 is 1.45 bits per heavy atom. The Morgan fingerprint density at radius 2 is 2.15 bits per heavy atom. The van der Waals surface area contributed by atoms with Crippen molar-refractivity contribution in [2.24, 2.45) is 0 Å². The molecular formula is C12H12BrFN2O2S2. The summed E-state index contributed by atoms with van der Waals surface area (Å²) in [6.45, 7) is 2.07. The van der Waals surface area contributed by atoms with Crippen molar-refractivity contribution < 1.29 is 12.8 Å². The largest absolute Gasteiger partial charge is 0.250 e. The van der Waals surface area contributed by atoms with Crippen LogP contribution in [0.4, 0.5) is 4.39 Å². The fourth-order valence-corrected chi connectivity index (χ4v) is 3.94. The Balaban J connectivity index is 2.27. The van der Waals surface area contributed by atoms with Crippen LogP contribution < -0.4 is 0 Å². The van der Waals surface area contributed by atoms with Crippen molar-refractivity contribution in [2.45, 2.75) is 18.4 Å². The predicted octanol–water partition coefficient (Wildman–Crippen LogP) is 3.17. The molecule has 108 valence electrons. The number of benzene rings is 1. The van der Waals surface area contributed by atoms with E-state index in [9.17, 15) is 12.8 Å². The van der Waals surface area contributed by atoms with Crippen LogP contribution in [0.2, 0.25) is 0 Å². The van der Waals surface area contributed by atoms with E-state index < -0.39 is 15.8 Å². The quantitative estimate of drug-likeness (QED) is 0.820. The van der Waals surface area contributed by atoms with Gasteiger partial charge in [0.05, 0.1) is 14.4 Å². The van der Waals surface area contributed by atoms with Gasteiger partial charge in [0.25, 0.3) is 0 Å². The Labute approximate surface area is 129 Å². The molecule has 2 aromatic rings. The van der Waals surface area contributed by atoms with Gasteiger partial charge in [-0.2, -0.15) is 4.31 Å². The lowest BCUT2D eigenvalue weighted by molar-refractivity contribution is 0.468. The van der Waals surface area contributed by atoms with Crippen LogP contribution in [0.3, 0.4) is 0 Å². The molecule has 4 nitrogen and oxygen atoms in total. The average Bonchev–Trinajstić information content (AvgIpc) is 2.78. The first-order chi connectivity index (χ1) is 9.30. The topological polar surface area (TPSA) is 50.3 Å². The molecule has 0 amide bonds. The summed E-state index contributed by atoms with van der Waals surface area (Å²) in [6, 6.07) is 3.76. The third-order valence-corrected chi connectivity index (χ3v) is 5.99. The fourth-order valence-electron chi connectivity index (χ4n) is 1.60. The molecule has 0 saturated carbocycles. The van der Waals surface area contributed by atoms with Gasteiger partial charge < -0.3 is 0 Å². The molecule has 20 heavy (non-hydrogen) atoms. The molecule has 0 aliphatic carbocycles. The van der Waals surface area contributed by atoms with Gasteiger partial charge in [0.2, 0.25) is 10.0 Å². The van der Waals surface area contributed by atoms with Crippen LogP contribution >= 0.6 is 27.3 Å². The molecule has 8 heteroatoms. The molecule has 1 aromatic carbocycles. The number of thiazole rings is 1. The van der Waals surface area contributed by atoms with E-state index in [-0.39, 0.29) is 15.9 Å². The van der Waals surface area contributed by atoms with Gasteiger partial charge in [-0.25, -0.2) is 17.8 Å². The summed E-state index contributed by atoms with van der Waals surface area (Å²) in [5.74, 6) is -0.604. The zero-order valence-electron chi connectivity index (χ0n) is 10.8. The van der Waals surface area contributed by atoms with E-state index in [0.29, 0.717) is 0 Å². The Kier molecular flexibility index (Phi) is 4.58. The third kappa shape index (κ3) is 3.25. The summed E-state index contributed by atoms with van der Waals surface area (Å²) in [5, 5.41) is 0.875. The van der Waals surface area contributed by atoms with Crippen LogP contribution in [0.1, 0.15) is 9.88 Å². The number of rotatable bonds is 4. The summed E-state index contributed by atoms with van der Waals surface area (Å²) in [5.41, 5.74) is 0. The number of hydrogen-bond donors (Lipinski definition) is 0. The van der Waals surface area contributed by atoms with Crippen molar-refractivity contribution in [1.29, 1.82) is 0 Å². The summed E-state index contributed by atoms with van der Waals surface area (Å²) in [7, 11) is -2.25. The number of sulfonamides is 1. The number of hydrogen-bond acceptors (Lipinski definition) is 4. The van der Waals surface area contributed by atoms with Crippen LogP contribution in [0.15, 0.2) is 33.8 Å². The van der Waals surface area contributed by atoms with Gasteiger partial charge in [-0.1, -0.05) is 0 Å². The first-order valence-electron chi connectivity index (χ1n) is 5.63. The SMILES string of the molecule is Cc1ncc(CN(C)S(=O)(=O)c2ccc(Br)c(F)c2)s1. The number of aryl methyl sites for hydroxylation is 1. The summed E-state index contributed by atoms with van der Waals surface area (Å²) in [6.07, 6.45) is 1.65. The second-order valence-electron chi connectivity index (χ2n) is 4.18. The van der Waals surface area contributed by atoms with Crippen LogP contribution in [-0.2, 0) is 16.6 Å². The van der Waals surface area contributed by atoms with Gasteiger partial charge in [-0.3, -0.25) is 0 Å². The van der Waals surface area contributed by atoms with Crippen molar-refractivity contribution in [2.75, 3.05) is 7.05 Å². The van der Waals surface area contributed by atoms with E-state index in [1.54, 1.807) is 6.20 Å². The molecule has 0 radical (unpaired) electrons. The highest BCUT2D eigenvalue weighted by molar-refractivity contribution is 9.10. The van der Waals surface area contributed by atoms with Gasteiger partial charge in [-0.05, 0) is 41.1 Å². The molecule has 0 spiro atoms. The van der Waals surface area contributed by atoms with Gasteiger partial charge in [0.1, 0.15) is 5.82 Å². The maximum atomic E-state index is 13.5. The third-order valence-electron chi connectivity index (χ3n) is 2.65. The van der Waals surface area contributed by atoms with Crippen molar-refractivity contribution in [3.05, 3.63) is 44.6 Å². The average molecular weight is 379 g/mol. The molecule has 0 bridgehead atoms. The fraction of sp³-hybridized carbons (Fsp3) is 0.250. The number of aromatic nitrogens is 1. The van der Waals surface area contributed by atoms with Gasteiger partial charge in [-0.15, -0.1) is 11.3 Å². The Hall–Kier alpha value is -0.830. The van der Waals surface area contributed by atoms with E-state index in [0.717, 1.165) is 16.0 Å². The van der Waals surface area contributed by atoms with Crippen LogP contribution in [-0.4, -0.2) is 24.8 Å². The zero-order valence-corrected chi connectivity index (χ0v) is 14.0. The summed E-state index contributed by atoms with van der Waals surface area (Å²) >= 11 is 4.43. The minimum absolute atomic E-state index is 0.0677. The van der Waals surface area contributed by atoms with Crippen LogP contribution in [0.5, 0.6) is 0 Å². The van der Waals surface area contributed by atoms with E-state index >= 15 is 0 Å². The second kappa shape index (κ2) is 5.88. The lowest BCUT2D eigenvalue weighted by Gasteiger charge is -2.16. The normalized spacial score (nSPS) is 12.1. The number of nitrogens with zero attached hydrogens (tertiary/aromatic N) is 2. The first kappa shape index (κ1) is 15.6. The molecule has 0 aliphatic heterocycles. The summed E-state index contributed by atoms with van der Waals surface area (Å²) < 4.78 is 39.6. The van der Waals surface area contributed by atoms with Crippen LogP contribution in [0.25, 0.3) is 0 Å². The summed E-state index contributed by atoms with van der Waals surface area (Å²) in [4.78, 5) is 4.85. The highest BCUT2D eigenvalue weighted by Gasteiger charge is 2.22. The predicted molar refractivity (Wildman–Crippen MR) is 79.6 cm³/mol. The molecule has 0 unspecified atom stereocenters. The molecule has 1 aromatic heterocycles. The van der Waals surface area contributed by atoms with Crippen molar-refractivity contribution in [1.82, 2.24) is 9.29 Å². The van der Waals surface area contributed by atoms with E-state index in [1.807, 2.05) is 6.92 Å². The maximum absolute atomic E-state index is 13.5.